The van der Waals surface area contributed by atoms with Crippen LogP contribution in [0.5, 0.6) is 0 Å². The normalized spacial score (nSPS) is 11.7. The van der Waals surface area contributed by atoms with Crippen LogP contribution in [0.2, 0.25) is 0 Å². The fraction of sp³-hybridized carbons (Fsp3) is 0.467. The van der Waals surface area contributed by atoms with E-state index in [1.807, 2.05) is 26.2 Å². The lowest BCUT2D eigenvalue weighted by molar-refractivity contribution is -0.137. The summed E-state index contributed by atoms with van der Waals surface area (Å²) < 4.78 is 11.0. The summed E-state index contributed by atoms with van der Waals surface area (Å²) in [5, 5.41) is 1.84. The molecule has 1 aromatic heterocycles. The molecule has 0 saturated heterocycles. The Labute approximate surface area is 137 Å². The molecular formula is C15H19BrO4S. The molecule has 0 atom stereocenters. The number of carbonyl (C=O) groups is 2. The van der Waals surface area contributed by atoms with Crippen molar-refractivity contribution in [2.24, 2.45) is 0 Å². The second-order valence-corrected chi connectivity index (χ2v) is 6.99. The minimum Gasteiger partial charge on any atom is -0.463 e. The molecule has 21 heavy (non-hydrogen) atoms. The summed E-state index contributed by atoms with van der Waals surface area (Å²) in [4.78, 5) is 23.9. The van der Waals surface area contributed by atoms with Crippen molar-refractivity contribution in [2.45, 2.75) is 39.7 Å². The lowest BCUT2D eigenvalue weighted by atomic mass is 10.1. The summed E-state index contributed by atoms with van der Waals surface area (Å²) in [6.45, 7) is 7.58. The summed E-state index contributed by atoms with van der Waals surface area (Å²) >= 11 is 4.74. The third-order valence-corrected chi connectivity index (χ3v) is 4.30. The lowest BCUT2D eigenvalue weighted by Crippen LogP contribution is -2.23. The van der Waals surface area contributed by atoms with Gasteiger partial charge in [0.2, 0.25) is 0 Å². The number of esters is 2. The van der Waals surface area contributed by atoms with Crippen molar-refractivity contribution in [1.82, 2.24) is 0 Å². The highest BCUT2D eigenvalue weighted by Gasteiger charge is 2.22. The molecule has 1 rings (SSSR count). The van der Waals surface area contributed by atoms with Gasteiger partial charge in [-0.2, -0.15) is 0 Å². The number of carbonyl (C=O) groups excluding carboxylic acids is 2. The number of ether oxygens (including phenoxy) is 2. The van der Waals surface area contributed by atoms with Crippen LogP contribution in [0.15, 0.2) is 22.0 Å². The minimum atomic E-state index is -0.536. The Balaban J connectivity index is 2.82. The predicted octanol–water partition coefficient (Wildman–Crippen LogP) is 4.13. The first-order valence-corrected chi connectivity index (χ1v) is 8.24. The number of rotatable bonds is 5. The Bertz CT molecular complexity index is 540. The zero-order valence-electron chi connectivity index (χ0n) is 12.6. The van der Waals surface area contributed by atoms with Crippen molar-refractivity contribution >= 4 is 39.2 Å². The van der Waals surface area contributed by atoms with Crippen LogP contribution in [-0.4, -0.2) is 24.1 Å². The van der Waals surface area contributed by atoms with Crippen molar-refractivity contribution in [2.75, 3.05) is 6.61 Å². The number of halogens is 1. The largest absolute Gasteiger partial charge is 0.463 e. The molecule has 1 aromatic rings. The molecule has 0 bridgehead atoms. The summed E-state index contributed by atoms with van der Waals surface area (Å²) in [6, 6.07) is 0. The smallest absolute Gasteiger partial charge is 0.349 e. The van der Waals surface area contributed by atoms with Crippen LogP contribution < -0.4 is 0 Å². The van der Waals surface area contributed by atoms with Gasteiger partial charge in [-0.3, -0.25) is 0 Å². The zero-order chi connectivity index (χ0) is 16.0. The zero-order valence-corrected chi connectivity index (χ0v) is 15.0. The standard InChI is InChI=1S/C15H19BrO4S/c1-5-19-12(17)8-6-7-10-11(16)9-21-13(10)14(18)20-15(2,3)4/h6,8-9H,5,7H2,1-4H3. The van der Waals surface area contributed by atoms with Crippen LogP contribution in [0.1, 0.15) is 42.9 Å². The molecule has 0 saturated carbocycles. The van der Waals surface area contributed by atoms with Gasteiger partial charge in [0.25, 0.3) is 0 Å². The second kappa shape index (κ2) is 7.75. The molecule has 6 heteroatoms. The number of hydrogen-bond donors (Lipinski definition) is 0. The van der Waals surface area contributed by atoms with E-state index in [9.17, 15) is 9.59 Å². The molecule has 1 heterocycles. The highest BCUT2D eigenvalue weighted by atomic mass is 79.9. The summed E-state index contributed by atoms with van der Waals surface area (Å²) in [5.41, 5.74) is 0.279. The van der Waals surface area contributed by atoms with Crippen LogP contribution in [0.25, 0.3) is 0 Å². The monoisotopic (exact) mass is 374 g/mol. The van der Waals surface area contributed by atoms with Gasteiger partial charge in [-0.15, -0.1) is 11.3 Å². The van der Waals surface area contributed by atoms with Crippen molar-refractivity contribution < 1.29 is 19.1 Å². The van der Waals surface area contributed by atoms with Gasteiger partial charge in [0.05, 0.1) is 6.61 Å². The number of allylic oxidation sites excluding steroid dienone is 1. The van der Waals surface area contributed by atoms with E-state index in [-0.39, 0.29) is 11.9 Å². The van der Waals surface area contributed by atoms with Gasteiger partial charge in [0, 0.05) is 15.9 Å². The highest BCUT2D eigenvalue weighted by Crippen LogP contribution is 2.30. The molecule has 0 spiro atoms. The summed E-state index contributed by atoms with van der Waals surface area (Å²) in [7, 11) is 0. The molecule has 116 valence electrons. The third kappa shape index (κ3) is 6.01. The first-order valence-electron chi connectivity index (χ1n) is 6.57. The third-order valence-electron chi connectivity index (χ3n) is 2.29. The molecule has 4 nitrogen and oxygen atoms in total. The molecule has 0 N–H and O–H groups in total. The van der Waals surface area contributed by atoms with Crippen LogP contribution in [0.4, 0.5) is 0 Å². The van der Waals surface area contributed by atoms with Crippen molar-refractivity contribution in [3.05, 3.63) is 32.4 Å². The molecule has 0 aromatic carbocycles. The van der Waals surface area contributed by atoms with Gasteiger partial charge in [-0.1, -0.05) is 6.08 Å². The van der Waals surface area contributed by atoms with Crippen LogP contribution >= 0.6 is 27.3 Å². The fourth-order valence-electron chi connectivity index (χ4n) is 1.51. The Morgan fingerprint density at radius 2 is 2.05 bits per heavy atom. The van der Waals surface area contributed by atoms with Crippen molar-refractivity contribution in [3.8, 4) is 0 Å². The van der Waals surface area contributed by atoms with Gasteiger partial charge < -0.3 is 9.47 Å². The molecule has 0 fully saturated rings. The van der Waals surface area contributed by atoms with E-state index in [2.05, 4.69) is 15.9 Å². The first kappa shape index (κ1) is 17.9. The maximum absolute atomic E-state index is 12.1. The first-order chi connectivity index (χ1) is 9.74. The summed E-state index contributed by atoms with van der Waals surface area (Å²) in [6.07, 6.45) is 3.50. The molecule has 0 aliphatic carbocycles. The van der Waals surface area contributed by atoms with E-state index in [1.54, 1.807) is 13.0 Å². The van der Waals surface area contributed by atoms with Crippen molar-refractivity contribution in [1.29, 1.82) is 0 Å². The van der Waals surface area contributed by atoms with E-state index < -0.39 is 5.60 Å². The molecular weight excluding hydrogens is 356 g/mol. The minimum absolute atomic E-state index is 0.342. The Hall–Kier alpha value is -1.14. The highest BCUT2D eigenvalue weighted by molar-refractivity contribution is 9.10. The predicted molar refractivity (Wildman–Crippen MR) is 86.7 cm³/mol. The number of thiophene rings is 1. The SMILES string of the molecule is CCOC(=O)C=CCc1c(Br)csc1C(=O)OC(C)(C)C. The fourth-order valence-corrected chi connectivity index (χ4v) is 3.12. The van der Waals surface area contributed by atoms with E-state index in [0.29, 0.717) is 17.9 Å². The van der Waals surface area contributed by atoms with E-state index >= 15 is 0 Å². The second-order valence-electron chi connectivity index (χ2n) is 5.25. The maximum Gasteiger partial charge on any atom is 0.349 e. The number of hydrogen-bond acceptors (Lipinski definition) is 5. The molecule has 0 radical (unpaired) electrons. The van der Waals surface area contributed by atoms with Gasteiger partial charge >= 0.3 is 11.9 Å². The summed E-state index contributed by atoms with van der Waals surface area (Å²) in [5.74, 6) is -0.736. The molecule has 0 amide bonds. The topological polar surface area (TPSA) is 52.6 Å². The Kier molecular flexibility index (Phi) is 6.61. The quantitative estimate of drug-likeness (QED) is 0.574. The van der Waals surface area contributed by atoms with Crippen LogP contribution in [-0.2, 0) is 20.7 Å². The van der Waals surface area contributed by atoms with Crippen molar-refractivity contribution in [3.63, 3.8) is 0 Å². The van der Waals surface area contributed by atoms with Gasteiger partial charge in [-0.25, -0.2) is 9.59 Å². The van der Waals surface area contributed by atoms with Gasteiger partial charge in [0.15, 0.2) is 0 Å². The Morgan fingerprint density at radius 3 is 2.62 bits per heavy atom. The average molecular weight is 375 g/mol. The van der Waals surface area contributed by atoms with Crippen LogP contribution in [0.3, 0.4) is 0 Å². The van der Waals surface area contributed by atoms with Crippen LogP contribution in [0, 0.1) is 0 Å². The molecule has 0 aliphatic heterocycles. The van der Waals surface area contributed by atoms with Gasteiger partial charge in [0.1, 0.15) is 10.5 Å². The maximum atomic E-state index is 12.1. The van der Waals surface area contributed by atoms with E-state index in [4.69, 9.17) is 9.47 Å². The average Bonchev–Trinajstić information content (AvgIpc) is 2.69. The molecule has 0 unspecified atom stereocenters. The van der Waals surface area contributed by atoms with Gasteiger partial charge in [-0.05, 0) is 55.6 Å². The Morgan fingerprint density at radius 1 is 1.38 bits per heavy atom. The van der Waals surface area contributed by atoms with E-state index in [1.165, 1.54) is 17.4 Å². The van der Waals surface area contributed by atoms with E-state index in [0.717, 1.165) is 10.0 Å². The lowest BCUT2D eigenvalue weighted by Gasteiger charge is -2.19. The molecule has 0 aliphatic rings.